The van der Waals surface area contributed by atoms with Gasteiger partial charge in [0, 0.05) is 5.56 Å². The molecule has 0 unspecified atom stereocenters. The van der Waals surface area contributed by atoms with Gasteiger partial charge in [-0.2, -0.15) is 5.10 Å². The van der Waals surface area contributed by atoms with Gasteiger partial charge in [0.05, 0.1) is 30.0 Å². The van der Waals surface area contributed by atoms with Gasteiger partial charge in [-0.15, -0.1) is 0 Å². The van der Waals surface area contributed by atoms with Gasteiger partial charge in [0.1, 0.15) is 0 Å². The molecule has 0 aromatic heterocycles. The maximum absolute atomic E-state index is 12.2. The highest BCUT2D eigenvalue weighted by molar-refractivity contribution is 6.37. The molecule has 2 aromatic rings. The largest absolute Gasteiger partial charge is 0.505 e. The van der Waals surface area contributed by atoms with Gasteiger partial charge in [0.25, 0.3) is 5.91 Å². The number of carbonyl (C=O) groups is 1. The number of rotatable bonds is 6. The van der Waals surface area contributed by atoms with E-state index < -0.39 is 5.91 Å². The van der Waals surface area contributed by atoms with Crippen LogP contribution in [0.25, 0.3) is 0 Å². The van der Waals surface area contributed by atoms with E-state index in [0.717, 1.165) is 0 Å². The number of phenolic OH excluding ortho intramolecular Hbond substituents is 1. The summed E-state index contributed by atoms with van der Waals surface area (Å²) in [6, 6.07) is 7.75. The standard InChI is InChI=1S/C17H16Cl2N2O4/c1-3-25-15-8-11(4-5-14(15)24-2)17(23)21-20-9-10-6-12(18)16(22)13(19)7-10/h4-9,22H,3H2,1-2H3,(H,21,23)/b20-9+. The predicted molar refractivity (Wildman–Crippen MR) is 97.4 cm³/mol. The molecule has 0 aliphatic heterocycles. The van der Waals surface area contributed by atoms with Gasteiger partial charge in [-0.1, -0.05) is 23.2 Å². The molecule has 2 aromatic carbocycles. The molecule has 2 N–H and O–H groups in total. The zero-order chi connectivity index (χ0) is 18.4. The Hall–Kier alpha value is -2.44. The number of ether oxygens (including phenoxy) is 2. The number of hydrogen-bond donors (Lipinski definition) is 2. The average Bonchev–Trinajstić information content (AvgIpc) is 2.59. The van der Waals surface area contributed by atoms with Crippen molar-refractivity contribution in [3.63, 3.8) is 0 Å². The first-order valence-electron chi connectivity index (χ1n) is 7.28. The molecule has 0 radical (unpaired) electrons. The third-order valence-corrected chi connectivity index (χ3v) is 3.72. The number of carbonyl (C=O) groups excluding carboxylic acids is 1. The van der Waals surface area contributed by atoms with Crippen molar-refractivity contribution >= 4 is 35.3 Å². The summed E-state index contributed by atoms with van der Waals surface area (Å²) in [4.78, 5) is 12.2. The Morgan fingerprint density at radius 1 is 1.24 bits per heavy atom. The van der Waals surface area contributed by atoms with E-state index in [2.05, 4.69) is 10.5 Å². The van der Waals surface area contributed by atoms with E-state index in [1.165, 1.54) is 25.5 Å². The third kappa shape index (κ3) is 4.78. The summed E-state index contributed by atoms with van der Waals surface area (Å²) in [7, 11) is 1.52. The topological polar surface area (TPSA) is 80.2 Å². The minimum absolute atomic E-state index is 0.0942. The van der Waals surface area contributed by atoms with Crippen molar-refractivity contribution in [2.45, 2.75) is 6.92 Å². The van der Waals surface area contributed by atoms with Crippen molar-refractivity contribution in [2.75, 3.05) is 13.7 Å². The summed E-state index contributed by atoms with van der Waals surface area (Å²) in [5, 5.41) is 13.5. The van der Waals surface area contributed by atoms with Gasteiger partial charge in [0.15, 0.2) is 17.2 Å². The molecule has 0 saturated carbocycles. The van der Waals surface area contributed by atoms with Crippen LogP contribution >= 0.6 is 23.2 Å². The minimum atomic E-state index is -0.421. The second kappa shape index (κ2) is 8.60. The Kier molecular flexibility index (Phi) is 6.50. The number of amides is 1. The number of nitrogens with zero attached hydrogens (tertiary/aromatic N) is 1. The van der Waals surface area contributed by atoms with Crippen LogP contribution in [0.2, 0.25) is 10.0 Å². The van der Waals surface area contributed by atoms with Crippen LogP contribution < -0.4 is 14.9 Å². The molecule has 6 nitrogen and oxygen atoms in total. The third-order valence-electron chi connectivity index (χ3n) is 3.14. The first kappa shape index (κ1) is 18.9. The fourth-order valence-corrected chi connectivity index (χ4v) is 2.48. The number of hydrogen-bond acceptors (Lipinski definition) is 5. The Bertz CT molecular complexity index is 786. The molecule has 1 amide bonds. The first-order valence-corrected chi connectivity index (χ1v) is 8.04. The lowest BCUT2D eigenvalue weighted by Gasteiger charge is -2.10. The lowest BCUT2D eigenvalue weighted by Crippen LogP contribution is -2.17. The summed E-state index contributed by atoms with van der Waals surface area (Å²) in [5.74, 6) is 0.385. The lowest BCUT2D eigenvalue weighted by molar-refractivity contribution is 0.0954. The molecule has 0 heterocycles. The fourth-order valence-electron chi connectivity index (χ4n) is 1.98. The van der Waals surface area contributed by atoms with E-state index in [1.807, 2.05) is 6.92 Å². The number of nitrogens with one attached hydrogen (secondary N) is 1. The van der Waals surface area contributed by atoms with Crippen LogP contribution in [-0.2, 0) is 0 Å². The number of hydrazone groups is 1. The molecule has 0 spiro atoms. The van der Waals surface area contributed by atoms with Crippen LogP contribution in [0.5, 0.6) is 17.2 Å². The monoisotopic (exact) mass is 382 g/mol. The van der Waals surface area contributed by atoms with Gasteiger partial charge in [0.2, 0.25) is 0 Å². The molecule has 25 heavy (non-hydrogen) atoms. The van der Waals surface area contributed by atoms with Crippen molar-refractivity contribution in [3.8, 4) is 17.2 Å². The van der Waals surface area contributed by atoms with E-state index in [-0.39, 0.29) is 15.8 Å². The molecule has 2 rings (SSSR count). The Balaban J connectivity index is 2.11. The Morgan fingerprint density at radius 2 is 1.92 bits per heavy atom. The quantitative estimate of drug-likeness (QED) is 0.586. The number of phenols is 1. The SMILES string of the molecule is CCOc1cc(C(=O)N/N=C/c2cc(Cl)c(O)c(Cl)c2)ccc1OC. The highest BCUT2D eigenvalue weighted by Crippen LogP contribution is 2.32. The van der Waals surface area contributed by atoms with E-state index in [1.54, 1.807) is 18.2 Å². The predicted octanol–water partition coefficient (Wildman–Crippen LogP) is 3.87. The summed E-state index contributed by atoms with van der Waals surface area (Å²) >= 11 is 11.6. The molecule has 0 atom stereocenters. The number of halogens is 2. The van der Waals surface area contributed by atoms with Gasteiger partial charge in [-0.3, -0.25) is 4.79 Å². The van der Waals surface area contributed by atoms with Crippen molar-refractivity contribution in [3.05, 3.63) is 51.5 Å². The zero-order valence-electron chi connectivity index (χ0n) is 13.5. The molecular weight excluding hydrogens is 367 g/mol. The van der Waals surface area contributed by atoms with Crippen LogP contribution in [-0.4, -0.2) is 30.9 Å². The number of methoxy groups -OCH3 is 1. The van der Waals surface area contributed by atoms with Crippen molar-refractivity contribution in [2.24, 2.45) is 5.10 Å². The normalized spacial score (nSPS) is 10.7. The van der Waals surface area contributed by atoms with Crippen LogP contribution in [0.3, 0.4) is 0 Å². The number of aromatic hydroxyl groups is 1. The maximum Gasteiger partial charge on any atom is 0.271 e. The molecule has 8 heteroatoms. The van der Waals surface area contributed by atoms with Crippen LogP contribution in [0, 0.1) is 0 Å². The van der Waals surface area contributed by atoms with Gasteiger partial charge >= 0.3 is 0 Å². The van der Waals surface area contributed by atoms with Gasteiger partial charge in [-0.25, -0.2) is 5.43 Å². The maximum atomic E-state index is 12.2. The highest BCUT2D eigenvalue weighted by Gasteiger charge is 2.11. The van der Waals surface area contributed by atoms with E-state index in [4.69, 9.17) is 32.7 Å². The minimum Gasteiger partial charge on any atom is -0.505 e. The van der Waals surface area contributed by atoms with Crippen molar-refractivity contribution < 1.29 is 19.4 Å². The second-order valence-corrected chi connectivity index (χ2v) is 5.65. The fraction of sp³-hybridized carbons (Fsp3) is 0.176. The highest BCUT2D eigenvalue weighted by atomic mass is 35.5. The molecule has 0 aliphatic carbocycles. The van der Waals surface area contributed by atoms with E-state index in [0.29, 0.717) is 29.2 Å². The van der Waals surface area contributed by atoms with Crippen LogP contribution in [0.4, 0.5) is 0 Å². The molecule has 132 valence electrons. The summed E-state index contributed by atoms with van der Waals surface area (Å²) < 4.78 is 10.6. The number of benzene rings is 2. The molecule has 0 bridgehead atoms. The molecule has 0 saturated heterocycles. The summed E-state index contributed by atoms with van der Waals surface area (Å²) in [5.41, 5.74) is 3.28. The molecular formula is C17H16Cl2N2O4. The van der Waals surface area contributed by atoms with Crippen molar-refractivity contribution in [1.29, 1.82) is 0 Å². The summed E-state index contributed by atoms with van der Waals surface area (Å²) in [6.07, 6.45) is 1.36. The second-order valence-electron chi connectivity index (χ2n) is 4.83. The Labute approximate surface area is 155 Å². The van der Waals surface area contributed by atoms with E-state index in [9.17, 15) is 9.90 Å². The van der Waals surface area contributed by atoms with Crippen molar-refractivity contribution in [1.82, 2.24) is 5.43 Å². The van der Waals surface area contributed by atoms with Gasteiger partial charge < -0.3 is 14.6 Å². The molecule has 0 aliphatic rings. The molecule has 0 fully saturated rings. The smallest absolute Gasteiger partial charge is 0.271 e. The summed E-state index contributed by atoms with van der Waals surface area (Å²) in [6.45, 7) is 2.28. The zero-order valence-corrected chi connectivity index (χ0v) is 15.1. The van der Waals surface area contributed by atoms with Gasteiger partial charge in [-0.05, 0) is 42.8 Å². The first-order chi connectivity index (χ1) is 12.0. The van der Waals surface area contributed by atoms with Crippen LogP contribution in [0.1, 0.15) is 22.8 Å². The Morgan fingerprint density at radius 3 is 2.52 bits per heavy atom. The van der Waals surface area contributed by atoms with Crippen LogP contribution in [0.15, 0.2) is 35.4 Å². The average molecular weight is 383 g/mol. The lowest BCUT2D eigenvalue weighted by atomic mass is 10.2. The van der Waals surface area contributed by atoms with E-state index >= 15 is 0 Å².